The Kier molecular flexibility index (Phi) is 6.97. The van der Waals surface area contributed by atoms with Crippen molar-refractivity contribution in [1.29, 1.82) is 0 Å². The smallest absolute Gasteiger partial charge is 0.426 e. The molecule has 0 aliphatic rings. The molecule has 0 aliphatic heterocycles. The highest BCUT2D eigenvalue weighted by molar-refractivity contribution is 5.73. The first-order valence-electron chi connectivity index (χ1n) is 4.63. The molecule has 0 aromatic heterocycles. The molecule has 0 saturated heterocycles. The zero-order chi connectivity index (χ0) is 12.6. The van der Waals surface area contributed by atoms with Crippen LogP contribution in [0.3, 0.4) is 0 Å². The van der Waals surface area contributed by atoms with Gasteiger partial charge in [0.2, 0.25) is 0 Å². The van der Waals surface area contributed by atoms with E-state index >= 15 is 0 Å². The zero-order valence-corrected chi connectivity index (χ0v) is 9.10. The first kappa shape index (κ1) is 14.5. The van der Waals surface area contributed by atoms with Gasteiger partial charge in [-0.25, -0.2) is 20.4 Å². The van der Waals surface area contributed by atoms with Crippen LogP contribution in [0.15, 0.2) is 0 Å². The number of hydrazine groups is 1. The first-order chi connectivity index (χ1) is 7.41. The third kappa shape index (κ3) is 9.03. The van der Waals surface area contributed by atoms with E-state index in [0.717, 1.165) is 0 Å². The van der Waals surface area contributed by atoms with E-state index in [1.165, 1.54) is 13.8 Å². The summed E-state index contributed by atoms with van der Waals surface area (Å²) >= 11 is 0. The van der Waals surface area contributed by atoms with Crippen LogP contribution >= 0.6 is 0 Å². The van der Waals surface area contributed by atoms with Crippen LogP contribution in [0.4, 0.5) is 9.59 Å². The average molecular weight is 236 g/mol. The lowest BCUT2D eigenvalue weighted by molar-refractivity contribution is 0.0662. The van der Waals surface area contributed by atoms with Crippen LogP contribution in [0, 0.1) is 0 Å². The lowest BCUT2D eigenvalue weighted by Crippen LogP contribution is -2.43. The van der Waals surface area contributed by atoms with Gasteiger partial charge in [0, 0.05) is 0 Å². The van der Waals surface area contributed by atoms with E-state index in [0.29, 0.717) is 0 Å². The quantitative estimate of drug-likeness (QED) is 0.471. The zero-order valence-electron chi connectivity index (χ0n) is 9.10. The fraction of sp³-hybridized carbons (Fsp3) is 0.750. The van der Waals surface area contributed by atoms with Crippen LogP contribution in [0.1, 0.15) is 13.8 Å². The maximum absolute atomic E-state index is 10.8. The summed E-state index contributed by atoms with van der Waals surface area (Å²) in [5.74, 6) is 0. The third-order valence-electron chi connectivity index (χ3n) is 1.18. The standard InChI is InChI=1S/C8H16N2O6/c1-5(11)3-15-7(13)9-10-8(14)16-4-6(2)12/h5-6,11-12H,3-4H2,1-2H3,(H,9,13)(H,10,14). The predicted molar refractivity (Wildman–Crippen MR) is 52.3 cm³/mol. The molecular weight excluding hydrogens is 220 g/mol. The molecule has 0 aromatic carbocycles. The Labute approximate surface area is 92.5 Å². The van der Waals surface area contributed by atoms with Crippen LogP contribution in [0.2, 0.25) is 0 Å². The highest BCUT2D eigenvalue weighted by Gasteiger charge is 2.08. The molecule has 0 heterocycles. The highest BCUT2D eigenvalue weighted by Crippen LogP contribution is 1.85. The molecule has 2 unspecified atom stereocenters. The molecule has 0 aromatic rings. The van der Waals surface area contributed by atoms with E-state index in [1.54, 1.807) is 0 Å². The Morgan fingerprint density at radius 3 is 1.56 bits per heavy atom. The van der Waals surface area contributed by atoms with Gasteiger partial charge in [0.1, 0.15) is 13.2 Å². The lowest BCUT2D eigenvalue weighted by atomic mass is 10.4. The van der Waals surface area contributed by atoms with Crippen LogP contribution in [0.25, 0.3) is 0 Å². The molecule has 0 saturated carbocycles. The molecule has 8 heteroatoms. The number of hydrogen-bond donors (Lipinski definition) is 4. The monoisotopic (exact) mass is 236 g/mol. The summed E-state index contributed by atoms with van der Waals surface area (Å²) in [4.78, 5) is 21.7. The van der Waals surface area contributed by atoms with Crippen LogP contribution in [-0.2, 0) is 9.47 Å². The summed E-state index contributed by atoms with van der Waals surface area (Å²) in [6, 6.07) is 0. The van der Waals surface area contributed by atoms with Crippen LogP contribution < -0.4 is 10.9 Å². The first-order valence-corrected chi connectivity index (χ1v) is 4.63. The van der Waals surface area contributed by atoms with Gasteiger partial charge < -0.3 is 19.7 Å². The molecule has 0 spiro atoms. The molecule has 0 bridgehead atoms. The maximum atomic E-state index is 10.8. The minimum absolute atomic E-state index is 0.184. The molecule has 0 fully saturated rings. The fourth-order valence-electron chi connectivity index (χ4n) is 0.567. The van der Waals surface area contributed by atoms with Crippen molar-refractivity contribution in [2.45, 2.75) is 26.1 Å². The highest BCUT2D eigenvalue weighted by atomic mass is 16.6. The second-order valence-electron chi connectivity index (χ2n) is 3.14. The number of ether oxygens (including phenoxy) is 2. The summed E-state index contributed by atoms with van der Waals surface area (Å²) in [7, 11) is 0. The Hall–Kier alpha value is -1.54. The number of carbonyl (C=O) groups is 2. The van der Waals surface area contributed by atoms with Crippen molar-refractivity contribution in [2.75, 3.05) is 13.2 Å². The Bertz CT molecular complexity index is 207. The normalized spacial score (nSPS) is 13.5. The summed E-state index contributed by atoms with van der Waals surface area (Å²) in [6.07, 6.45) is -3.41. The van der Waals surface area contributed by atoms with Crippen molar-refractivity contribution in [3.05, 3.63) is 0 Å². The molecule has 2 amide bonds. The number of rotatable bonds is 4. The van der Waals surface area contributed by atoms with Gasteiger partial charge in [-0.15, -0.1) is 0 Å². The topological polar surface area (TPSA) is 117 Å². The Balaban J connectivity index is 3.55. The number of nitrogens with one attached hydrogen (secondary N) is 2. The van der Waals surface area contributed by atoms with Gasteiger partial charge in [0.15, 0.2) is 0 Å². The molecular formula is C8H16N2O6. The van der Waals surface area contributed by atoms with Crippen LogP contribution in [0.5, 0.6) is 0 Å². The van der Waals surface area contributed by atoms with Crippen molar-refractivity contribution >= 4 is 12.2 Å². The minimum Gasteiger partial charge on any atom is -0.446 e. The molecule has 0 aliphatic carbocycles. The Morgan fingerprint density at radius 1 is 1.00 bits per heavy atom. The van der Waals surface area contributed by atoms with Gasteiger partial charge in [-0.05, 0) is 13.8 Å². The Morgan fingerprint density at radius 2 is 1.31 bits per heavy atom. The number of hydrogen-bond acceptors (Lipinski definition) is 6. The average Bonchev–Trinajstić information content (AvgIpc) is 2.20. The number of aliphatic hydroxyl groups is 2. The fourth-order valence-corrected chi connectivity index (χ4v) is 0.567. The second kappa shape index (κ2) is 7.71. The van der Waals surface area contributed by atoms with E-state index in [4.69, 9.17) is 10.2 Å². The molecule has 8 nitrogen and oxygen atoms in total. The summed E-state index contributed by atoms with van der Waals surface area (Å²) in [5.41, 5.74) is 3.77. The summed E-state index contributed by atoms with van der Waals surface area (Å²) in [6.45, 7) is 2.52. The largest absolute Gasteiger partial charge is 0.446 e. The van der Waals surface area contributed by atoms with Gasteiger partial charge in [-0.3, -0.25) is 0 Å². The van der Waals surface area contributed by atoms with Crippen molar-refractivity contribution in [3.8, 4) is 0 Å². The number of aliphatic hydroxyl groups excluding tert-OH is 2. The van der Waals surface area contributed by atoms with Gasteiger partial charge in [-0.1, -0.05) is 0 Å². The molecule has 4 N–H and O–H groups in total. The van der Waals surface area contributed by atoms with Gasteiger partial charge >= 0.3 is 12.2 Å². The molecule has 0 radical (unpaired) electrons. The van der Waals surface area contributed by atoms with Gasteiger partial charge in [0.25, 0.3) is 0 Å². The molecule has 16 heavy (non-hydrogen) atoms. The van der Waals surface area contributed by atoms with Crippen molar-refractivity contribution in [3.63, 3.8) is 0 Å². The van der Waals surface area contributed by atoms with Crippen molar-refractivity contribution in [2.24, 2.45) is 0 Å². The molecule has 94 valence electrons. The predicted octanol–water partition coefficient (Wildman–Crippen LogP) is -0.885. The van der Waals surface area contributed by atoms with E-state index < -0.39 is 24.4 Å². The molecule has 2 atom stereocenters. The van der Waals surface area contributed by atoms with E-state index in [2.05, 4.69) is 9.47 Å². The second-order valence-corrected chi connectivity index (χ2v) is 3.14. The maximum Gasteiger partial charge on any atom is 0.426 e. The van der Waals surface area contributed by atoms with Crippen molar-refractivity contribution in [1.82, 2.24) is 10.9 Å². The van der Waals surface area contributed by atoms with E-state index in [-0.39, 0.29) is 13.2 Å². The number of amides is 2. The van der Waals surface area contributed by atoms with Crippen molar-refractivity contribution < 1.29 is 29.3 Å². The van der Waals surface area contributed by atoms with E-state index in [9.17, 15) is 9.59 Å². The third-order valence-corrected chi connectivity index (χ3v) is 1.18. The minimum atomic E-state index is -0.921. The van der Waals surface area contributed by atoms with E-state index in [1.807, 2.05) is 10.9 Å². The SMILES string of the molecule is CC(O)COC(=O)NNC(=O)OCC(C)O. The number of carbonyl (C=O) groups excluding carboxylic acids is 2. The van der Waals surface area contributed by atoms with Crippen LogP contribution in [-0.4, -0.2) is 47.8 Å². The summed E-state index contributed by atoms with van der Waals surface area (Å²) < 4.78 is 8.92. The van der Waals surface area contributed by atoms with Gasteiger partial charge in [-0.2, -0.15) is 0 Å². The van der Waals surface area contributed by atoms with Gasteiger partial charge in [0.05, 0.1) is 12.2 Å². The molecule has 0 rings (SSSR count). The lowest BCUT2D eigenvalue weighted by Gasteiger charge is -2.10. The summed E-state index contributed by atoms with van der Waals surface area (Å²) in [5, 5.41) is 17.6.